The highest BCUT2D eigenvalue weighted by Gasteiger charge is 2.28. The Balaban J connectivity index is 1.60. The summed E-state index contributed by atoms with van der Waals surface area (Å²) in [6.07, 6.45) is 1.57. The maximum Gasteiger partial charge on any atom is 0.261 e. The number of aryl methyl sites for hydroxylation is 1. The molecule has 33 heavy (non-hydrogen) atoms. The van der Waals surface area contributed by atoms with E-state index >= 15 is 0 Å². The molecule has 0 spiro atoms. The van der Waals surface area contributed by atoms with Crippen LogP contribution in [0.2, 0.25) is 0 Å². The summed E-state index contributed by atoms with van der Waals surface area (Å²) in [5.74, 6) is -0.130. The van der Waals surface area contributed by atoms with Gasteiger partial charge in [-0.25, -0.2) is 8.42 Å². The molecule has 3 aromatic rings. The molecule has 1 amide bonds. The Labute approximate surface area is 193 Å². The van der Waals surface area contributed by atoms with Crippen LogP contribution in [0, 0.1) is 11.3 Å². The van der Waals surface area contributed by atoms with E-state index < -0.39 is 10.0 Å². The zero-order chi connectivity index (χ0) is 23.4. The summed E-state index contributed by atoms with van der Waals surface area (Å²) >= 11 is 0. The Bertz CT molecular complexity index is 1300. The van der Waals surface area contributed by atoms with Gasteiger partial charge in [0, 0.05) is 19.3 Å². The molecule has 3 aromatic carbocycles. The topological polar surface area (TPSA) is 93.5 Å². The third kappa shape index (κ3) is 4.83. The van der Waals surface area contributed by atoms with Gasteiger partial charge in [-0.3, -0.25) is 9.52 Å². The molecule has 8 heteroatoms. The Morgan fingerprint density at radius 3 is 2.48 bits per heavy atom. The third-order valence-electron chi connectivity index (χ3n) is 5.63. The van der Waals surface area contributed by atoms with Crippen LogP contribution in [0.1, 0.15) is 17.5 Å². The minimum atomic E-state index is -3.79. The van der Waals surface area contributed by atoms with E-state index in [0.29, 0.717) is 23.5 Å². The number of nitriles is 1. The SMILES string of the molecule is CN(CC(=O)N1CCCc2cccc(NS(=O)(=O)c3ccccc3)c21)c1ccc(C#N)cc1. The van der Waals surface area contributed by atoms with Crippen molar-refractivity contribution >= 4 is 33.0 Å². The maximum atomic E-state index is 13.3. The molecule has 0 bridgehead atoms. The lowest BCUT2D eigenvalue weighted by Crippen LogP contribution is -2.42. The van der Waals surface area contributed by atoms with Crippen molar-refractivity contribution in [1.82, 2.24) is 0 Å². The van der Waals surface area contributed by atoms with E-state index in [0.717, 1.165) is 24.1 Å². The highest BCUT2D eigenvalue weighted by molar-refractivity contribution is 7.92. The molecule has 1 aliphatic heterocycles. The highest BCUT2D eigenvalue weighted by Crippen LogP contribution is 2.36. The van der Waals surface area contributed by atoms with Gasteiger partial charge in [-0.2, -0.15) is 5.26 Å². The molecule has 0 aliphatic carbocycles. The van der Waals surface area contributed by atoms with E-state index in [9.17, 15) is 13.2 Å². The van der Waals surface area contributed by atoms with Crippen LogP contribution >= 0.6 is 0 Å². The smallest absolute Gasteiger partial charge is 0.261 e. The number of fused-ring (bicyclic) bond motifs is 1. The number of likely N-dealkylation sites (N-methyl/N-ethyl adjacent to an activating group) is 1. The number of sulfonamides is 1. The van der Waals surface area contributed by atoms with Crippen LogP contribution in [0.4, 0.5) is 17.1 Å². The number of nitrogens with zero attached hydrogens (tertiary/aromatic N) is 3. The van der Waals surface area contributed by atoms with Gasteiger partial charge < -0.3 is 9.80 Å². The molecule has 1 N–H and O–H groups in total. The molecule has 0 atom stereocenters. The summed E-state index contributed by atoms with van der Waals surface area (Å²) < 4.78 is 28.5. The van der Waals surface area contributed by atoms with E-state index in [-0.39, 0.29) is 17.3 Å². The third-order valence-corrected chi connectivity index (χ3v) is 7.01. The number of benzene rings is 3. The minimum Gasteiger partial charge on any atom is -0.365 e. The summed E-state index contributed by atoms with van der Waals surface area (Å²) in [6, 6.07) is 22.7. The van der Waals surface area contributed by atoms with Gasteiger partial charge in [-0.1, -0.05) is 30.3 Å². The zero-order valence-electron chi connectivity index (χ0n) is 18.2. The van der Waals surface area contributed by atoms with Crippen molar-refractivity contribution in [3.63, 3.8) is 0 Å². The fourth-order valence-electron chi connectivity index (χ4n) is 3.96. The predicted octanol–water partition coefficient (Wildman–Crippen LogP) is 3.77. The van der Waals surface area contributed by atoms with Crippen LogP contribution in [-0.4, -0.2) is 34.5 Å². The van der Waals surface area contributed by atoms with Gasteiger partial charge in [-0.15, -0.1) is 0 Å². The van der Waals surface area contributed by atoms with Crippen LogP contribution < -0.4 is 14.5 Å². The second-order valence-electron chi connectivity index (χ2n) is 7.90. The van der Waals surface area contributed by atoms with E-state index in [1.165, 1.54) is 12.1 Å². The van der Waals surface area contributed by atoms with Gasteiger partial charge >= 0.3 is 0 Å². The van der Waals surface area contributed by atoms with Crippen molar-refractivity contribution in [3.8, 4) is 6.07 Å². The Hall–Kier alpha value is -3.83. The van der Waals surface area contributed by atoms with E-state index in [1.807, 2.05) is 18.0 Å². The lowest BCUT2D eigenvalue weighted by molar-refractivity contribution is -0.117. The van der Waals surface area contributed by atoms with E-state index in [4.69, 9.17) is 5.26 Å². The van der Waals surface area contributed by atoms with Crippen molar-refractivity contribution < 1.29 is 13.2 Å². The summed E-state index contributed by atoms with van der Waals surface area (Å²) in [7, 11) is -1.98. The Kier molecular flexibility index (Phi) is 6.33. The highest BCUT2D eigenvalue weighted by atomic mass is 32.2. The molecular formula is C25H24N4O3S. The molecule has 1 heterocycles. The number of nitrogens with one attached hydrogen (secondary N) is 1. The van der Waals surface area contributed by atoms with Crippen LogP contribution in [0.25, 0.3) is 0 Å². The van der Waals surface area contributed by atoms with Crippen LogP contribution in [-0.2, 0) is 21.2 Å². The standard InChI is InChI=1S/C25H24N4O3S/c1-28(21-14-12-19(17-26)13-15-21)18-24(30)29-16-6-8-20-7-5-11-23(25(20)29)27-33(31,32)22-9-3-2-4-10-22/h2-5,7,9-15,27H,6,8,16,18H2,1H3. The van der Waals surface area contributed by atoms with Crippen LogP contribution in [0.3, 0.4) is 0 Å². The lowest BCUT2D eigenvalue weighted by atomic mass is 10.0. The van der Waals surface area contributed by atoms with Gasteiger partial charge in [0.05, 0.1) is 34.4 Å². The average Bonchev–Trinajstić information content (AvgIpc) is 2.84. The first-order chi connectivity index (χ1) is 15.9. The molecule has 1 aliphatic rings. The molecular weight excluding hydrogens is 436 g/mol. The average molecular weight is 461 g/mol. The van der Waals surface area contributed by atoms with Crippen LogP contribution in [0.15, 0.2) is 77.7 Å². The molecule has 168 valence electrons. The number of anilines is 3. The first kappa shape index (κ1) is 22.4. The Morgan fingerprint density at radius 1 is 1.06 bits per heavy atom. The van der Waals surface area contributed by atoms with Crippen molar-refractivity contribution in [3.05, 3.63) is 83.9 Å². The lowest BCUT2D eigenvalue weighted by Gasteiger charge is -2.33. The predicted molar refractivity (Wildman–Crippen MR) is 129 cm³/mol. The Morgan fingerprint density at radius 2 is 1.79 bits per heavy atom. The van der Waals surface area contributed by atoms with Crippen molar-refractivity contribution in [2.24, 2.45) is 0 Å². The second kappa shape index (κ2) is 9.35. The summed E-state index contributed by atoms with van der Waals surface area (Å²) in [5, 5.41) is 8.98. The summed E-state index contributed by atoms with van der Waals surface area (Å²) in [6.45, 7) is 0.627. The summed E-state index contributed by atoms with van der Waals surface area (Å²) in [5.41, 5.74) is 3.31. The zero-order valence-corrected chi connectivity index (χ0v) is 19.0. The first-order valence-corrected chi connectivity index (χ1v) is 12.1. The molecule has 4 rings (SSSR count). The number of carbonyl (C=O) groups excluding carboxylic acids is 1. The fraction of sp³-hybridized carbons (Fsp3) is 0.200. The minimum absolute atomic E-state index is 0.116. The molecule has 0 saturated heterocycles. The van der Waals surface area contributed by atoms with Gasteiger partial charge in [0.2, 0.25) is 5.91 Å². The quantitative estimate of drug-likeness (QED) is 0.604. The number of carbonyl (C=O) groups is 1. The second-order valence-corrected chi connectivity index (χ2v) is 9.58. The number of para-hydroxylation sites is 1. The largest absolute Gasteiger partial charge is 0.365 e. The van der Waals surface area contributed by atoms with Gasteiger partial charge in [-0.05, 0) is 60.9 Å². The molecule has 0 radical (unpaired) electrons. The number of rotatable bonds is 6. The molecule has 0 aromatic heterocycles. The fourth-order valence-corrected chi connectivity index (χ4v) is 5.04. The van der Waals surface area contributed by atoms with Gasteiger partial charge in [0.25, 0.3) is 10.0 Å². The molecule has 0 saturated carbocycles. The number of hydrogen-bond donors (Lipinski definition) is 1. The van der Waals surface area contributed by atoms with Gasteiger partial charge in [0.15, 0.2) is 0 Å². The monoisotopic (exact) mass is 460 g/mol. The summed E-state index contributed by atoms with van der Waals surface area (Å²) in [4.78, 5) is 17.0. The molecule has 0 unspecified atom stereocenters. The van der Waals surface area contributed by atoms with Crippen molar-refractivity contribution in [2.45, 2.75) is 17.7 Å². The van der Waals surface area contributed by atoms with Crippen molar-refractivity contribution in [1.29, 1.82) is 5.26 Å². The maximum absolute atomic E-state index is 13.3. The molecule has 0 fully saturated rings. The van der Waals surface area contributed by atoms with Gasteiger partial charge in [0.1, 0.15) is 0 Å². The van der Waals surface area contributed by atoms with Crippen LogP contribution in [0.5, 0.6) is 0 Å². The van der Waals surface area contributed by atoms with E-state index in [1.54, 1.807) is 59.5 Å². The normalized spacial score (nSPS) is 13.0. The first-order valence-electron chi connectivity index (χ1n) is 10.6. The number of amides is 1. The molecule has 7 nitrogen and oxygen atoms in total. The van der Waals surface area contributed by atoms with Crippen molar-refractivity contribution in [2.75, 3.05) is 34.7 Å². The number of hydrogen-bond acceptors (Lipinski definition) is 5. The van der Waals surface area contributed by atoms with E-state index in [2.05, 4.69) is 10.8 Å².